The predicted octanol–water partition coefficient (Wildman–Crippen LogP) is 4.74. The average Bonchev–Trinajstić information content (AvgIpc) is 2.79. The molecule has 2 aromatic rings. The summed E-state index contributed by atoms with van der Waals surface area (Å²) >= 11 is 0. The van der Waals surface area contributed by atoms with Crippen LogP contribution in [0.5, 0.6) is 0 Å². The Kier molecular flexibility index (Phi) is 11.2. The van der Waals surface area contributed by atoms with Crippen molar-refractivity contribution in [3.05, 3.63) is 64.7 Å². The molecule has 1 N–H and O–H groups in total. The Morgan fingerprint density at radius 1 is 0.946 bits per heavy atom. The van der Waals surface area contributed by atoms with Crippen LogP contribution in [0.25, 0.3) is 0 Å². The molecular formula is C29H43N3O4S. The van der Waals surface area contributed by atoms with Crippen LogP contribution in [0.15, 0.2) is 42.5 Å². The number of aryl methyl sites for hydroxylation is 3. The van der Waals surface area contributed by atoms with Crippen molar-refractivity contribution in [3.8, 4) is 0 Å². The molecule has 8 heteroatoms. The summed E-state index contributed by atoms with van der Waals surface area (Å²) in [5, 5.41) is 2.97. The van der Waals surface area contributed by atoms with Crippen LogP contribution in [0.2, 0.25) is 0 Å². The molecule has 1 unspecified atom stereocenters. The van der Waals surface area contributed by atoms with Gasteiger partial charge in [0.1, 0.15) is 6.04 Å². The molecule has 0 bridgehead atoms. The molecule has 0 saturated heterocycles. The quantitative estimate of drug-likeness (QED) is 0.406. The molecule has 204 valence electrons. The number of sulfonamides is 1. The van der Waals surface area contributed by atoms with Crippen LogP contribution in [0.4, 0.5) is 5.69 Å². The number of rotatable bonds is 13. The number of amides is 2. The minimum Gasteiger partial charge on any atom is -0.354 e. The van der Waals surface area contributed by atoms with Crippen molar-refractivity contribution < 1.29 is 18.0 Å². The minimum atomic E-state index is -3.53. The molecule has 0 aliphatic rings. The maximum absolute atomic E-state index is 13.5. The van der Waals surface area contributed by atoms with E-state index in [9.17, 15) is 18.0 Å². The lowest BCUT2D eigenvalue weighted by atomic mass is 10.1. The number of anilines is 1. The molecule has 0 heterocycles. The monoisotopic (exact) mass is 529 g/mol. The fraction of sp³-hybridized carbons (Fsp3) is 0.517. The number of hydrogen-bond acceptors (Lipinski definition) is 4. The second-order valence-corrected chi connectivity index (χ2v) is 12.3. The Hall–Kier alpha value is -2.87. The summed E-state index contributed by atoms with van der Waals surface area (Å²) in [6.07, 6.45) is 2.14. The van der Waals surface area contributed by atoms with Crippen LogP contribution in [0.1, 0.15) is 62.3 Å². The molecule has 0 radical (unpaired) electrons. The summed E-state index contributed by atoms with van der Waals surface area (Å²) in [7, 11) is -3.53. The first-order valence-electron chi connectivity index (χ1n) is 13.0. The van der Waals surface area contributed by atoms with Crippen molar-refractivity contribution in [3.63, 3.8) is 0 Å². The molecule has 1 atom stereocenters. The van der Waals surface area contributed by atoms with Gasteiger partial charge in [-0.05, 0) is 68.4 Å². The van der Waals surface area contributed by atoms with Gasteiger partial charge in [-0.1, -0.05) is 56.7 Å². The molecular weight excluding hydrogens is 486 g/mol. The van der Waals surface area contributed by atoms with Crippen molar-refractivity contribution >= 4 is 27.5 Å². The summed E-state index contributed by atoms with van der Waals surface area (Å²) < 4.78 is 26.5. The van der Waals surface area contributed by atoms with Crippen LogP contribution in [-0.4, -0.2) is 50.5 Å². The third-order valence-electron chi connectivity index (χ3n) is 6.19. The molecule has 2 aromatic carbocycles. The largest absolute Gasteiger partial charge is 0.354 e. The SMILES string of the molecule is CCC(C(=O)NCC(C)C)N(Cc1ccc(C)cc1)C(=O)CCCN(c1cc(C)cc(C)c1)S(C)(=O)=O. The van der Waals surface area contributed by atoms with Gasteiger partial charge >= 0.3 is 0 Å². The smallest absolute Gasteiger partial charge is 0.242 e. The van der Waals surface area contributed by atoms with E-state index in [1.165, 1.54) is 10.6 Å². The highest BCUT2D eigenvalue weighted by Crippen LogP contribution is 2.22. The van der Waals surface area contributed by atoms with Crippen LogP contribution in [0, 0.1) is 26.7 Å². The Bertz CT molecular complexity index is 1140. The first-order chi connectivity index (χ1) is 17.3. The van der Waals surface area contributed by atoms with E-state index >= 15 is 0 Å². The lowest BCUT2D eigenvalue weighted by molar-refractivity contribution is -0.141. The maximum Gasteiger partial charge on any atom is 0.242 e. The number of benzene rings is 2. The number of carbonyl (C=O) groups is 2. The highest BCUT2D eigenvalue weighted by Gasteiger charge is 2.29. The maximum atomic E-state index is 13.5. The Balaban J connectivity index is 2.22. The van der Waals surface area contributed by atoms with Gasteiger partial charge in [0.2, 0.25) is 21.8 Å². The number of carbonyl (C=O) groups excluding carboxylic acids is 2. The van der Waals surface area contributed by atoms with E-state index in [4.69, 9.17) is 0 Å². The van der Waals surface area contributed by atoms with Crippen LogP contribution >= 0.6 is 0 Å². The van der Waals surface area contributed by atoms with Gasteiger partial charge in [0.25, 0.3) is 0 Å². The van der Waals surface area contributed by atoms with Crippen molar-refractivity contribution in [2.75, 3.05) is 23.7 Å². The zero-order chi connectivity index (χ0) is 27.8. The van der Waals surface area contributed by atoms with Crippen molar-refractivity contribution in [1.29, 1.82) is 0 Å². The van der Waals surface area contributed by atoms with Gasteiger partial charge in [-0.2, -0.15) is 0 Å². The van der Waals surface area contributed by atoms with E-state index in [-0.39, 0.29) is 24.8 Å². The Morgan fingerprint density at radius 2 is 1.54 bits per heavy atom. The second kappa shape index (κ2) is 13.6. The summed E-state index contributed by atoms with van der Waals surface area (Å²) in [6, 6.07) is 13.0. The van der Waals surface area contributed by atoms with Gasteiger partial charge in [-0.3, -0.25) is 13.9 Å². The zero-order valence-electron chi connectivity index (χ0n) is 23.4. The predicted molar refractivity (Wildman–Crippen MR) is 151 cm³/mol. The molecule has 7 nitrogen and oxygen atoms in total. The molecule has 2 rings (SSSR count). The van der Waals surface area contributed by atoms with Gasteiger partial charge < -0.3 is 10.2 Å². The van der Waals surface area contributed by atoms with E-state index < -0.39 is 16.1 Å². The van der Waals surface area contributed by atoms with E-state index in [0.717, 1.165) is 22.3 Å². The summed E-state index contributed by atoms with van der Waals surface area (Å²) in [6.45, 7) is 12.9. The van der Waals surface area contributed by atoms with Crippen LogP contribution in [-0.2, 0) is 26.2 Å². The molecule has 0 aromatic heterocycles. The third kappa shape index (κ3) is 9.50. The van der Waals surface area contributed by atoms with Crippen LogP contribution < -0.4 is 9.62 Å². The normalized spacial score (nSPS) is 12.3. The van der Waals surface area contributed by atoms with Gasteiger partial charge in [-0.15, -0.1) is 0 Å². The van der Waals surface area contributed by atoms with Gasteiger partial charge in [-0.25, -0.2) is 8.42 Å². The lowest BCUT2D eigenvalue weighted by Crippen LogP contribution is -2.49. The Morgan fingerprint density at radius 3 is 2.05 bits per heavy atom. The summed E-state index contributed by atoms with van der Waals surface area (Å²) in [5.74, 6) is -0.0272. The summed E-state index contributed by atoms with van der Waals surface area (Å²) in [4.78, 5) is 28.2. The van der Waals surface area contributed by atoms with E-state index in [1.54, 1.807) is 4.90 Å². The third-order valence-corrected chi connectivity index (χ3v) is 7.38. The Labute approximate surface area is 223 Å². The topological polar surface area (TPSA) is 86.8 Å². The van der Waals surface area contributed by atoms with Crippen molar-refractivity contribution in [2.45, 2.75) is 73.4 Å². The van der Waals surface area contributed by atoms with E-state index in [1.807, 2.05) is 84.0 Å². The second-order valence-electron chi connectivity index (χ2n) is 10.4. The first kappa shape index (κ1) is 30.4. The fourth-order valence-electron chi connectivity index (χ4n) is 4.33. The van der Waals surface area contributed by atoms with Crippen molar-refractivity contribution in [1.82, 2.24) is 10.2 Å². The number of hydrogen-bond donors (Lipinski definition) is 1. The van der Waals surface area contributed by atoms with Gasteiger partial charge in [0.05, 0.1) is 11.9 Å². The average molecular weight is 530 g/mol. The van der Waals surface area contributed by atoms with Crippen molar-refractivity contribution in [2.24, 2.45) is 5.92 Å². The number of nitrogens with one attached hydrogen (secondary N) is 1. The van der Waals surface area contributed by atoms with E-state index in [0.29, 0.717) is 37.5 Å². The standard InChI is InChI=1S/C29H43N3O4S/c1-8-27(29(34)30-19-21(2)3)31(20-25-13-11-22(4)12-14-25)28(33)10-9-15-32(37(7,35)36)26-17-23(5)16-24(6)18-26/h11-14,16-18,21,27H,8-10,15,19-20H2,1-7H3,(H,30,34). The highest BCUT2D eigenvalue weighted by atomic mass is 32.2. The molecule has 2 amide bonds. The fourth-order valence-corrected chi connectivity index (χ4v) is 5.28. The minimum absolute atomic E-state index is 0.136. The van der Waals surface area contributed by atoms with E-state index in [2.05, 4.69) is 5.32 Å². The molecule has 0 spiro atoms. The molecule has 0 aliphatic heterocycles. The molecule has 37 heavy (non-hydrogen) atoms. The highest BCUT2D eigenvalue weighted by molar-refractivity contribution is 7.92. The molecule has 0 aliphatic carbocycles. The van der Waals surface area contributed by atoms with Gasteiger partial charge in [0, 0.05) is 26.1 Å². The molecule has 0 fully saturated rings. The van der Waals surface area contributed by atoms with Gasteiger partial charge in [0.15, 0.2) is 0 Å². The zero-order valence-corrected chi connectivity index (χ0v) is 24.2. The number of nitrogens with zero attached hydrogens (tertiary/aromatic N) is 2. The van der Waals surface area contributed by atoms with Crippen LogP contribution in [0.3, 0.4) is 0 Å². The first-order valence-corrected chi connectivity index (χ1v) is 14.8. The lowest BCUT2D eigenvalue weighted by Gasteiger charge is -2.31. The molecule has 0 saturated carbocycles. The summed E-state index contributed by atoms with van der Waals surface area (Å²) in [5.41, 5.74) is 4.62.